The maximum atomic E-state index is 16.5. The summed E-state index contributed by atoms with van der Waals surface area (Å²) in [6, 6.07) is 11.8. The van der Waals surface area contributed by atoms with Gasteiger partial charge in [0.1, 0.15) is 28.9 Å². The molecule has 4 aromatic rings. The number of piperazine rings is 1. The predicted octanol–water partition coefficient (Wildman–Crippen LogP) is 3.89. The molecule has 3 aliphatic rings. The lowest BCUT2D eigenvalue weighted by atomic mass is 9.95. The van der Waals surface area contributed by atoms with E-state index in [1.807, 2.05) is 50.1 Å². The number of hydrogen-bond acceptors (Lipinski definition) is 5. The number of hydrogen-bond donors (Lipinski definition) is 1. The molecule has 1 saturated heterocycles. The van der Waals surface area contributed by atoms with Crippen molar-refractivity contribution in [1.29, 1.82) is 0 Å². The summed E-state index contributed by atoms with van der Waals surface area (Å²) in [6.45, 7) is 8.82. The van der Waals surface area contributed by atoms with Crippen molar-refractivity contribution in [2.45, 2.75) is 32.0 Å². The van der Waals surface area contributed by atoms with Crippen LogP contribution >= 0.6 is 0 Å². The monoisotopic (exact) mass is 570 g/mol. The van der Waals surface area contributed by atoms with E-state index in [-0.39, 0.29) is 34.8 Å². The second-order valence-electron chi connectivity index (χ2n) is 11.4. The van der Waals surface area contributed by atoms with Crippen LogP contribution in [0, 0.1) is 11.6 Å². The van der Waals surface area contributed by atoms with Gasteiger partial charge in [0.25, 0.3) is 5.65 Å². The van der Waals surface area contributed by atoms with Gasteiger partial charge in [0, 0.05) is 38.3 Å². The van der Waals surface area contributed by atoms with Crippen molar-refractivity contribution < 1.29 is 23.2 Å². The van der Waals surface area contributed by atoms with Gasteiger partial charge in [-0.05, 0) is 44.2 Å². The number of carbonyl (C=O) groups is 1. The number of rotatable bonds is 2. The number of amides is 1. The van der Waals surface area contributed by atoms with E-state index in [1.54, 1.807) is 14.0 Å². The summed E-state index contributed by atoms with van der Waals surface area (Å²) in [6.07, 6.45) is 1.31. The van der Waals surface area contributed by atoms with Crippen LogP contribution < -0.4 is 19.9 Å². The van der Waals surface area contributed by atoms with Gasteiger partial charge in [0.05, 0.1) is 17.1 Å². The molecule has 0 bridgehead atoms. The van der Waals surface area contributed by atoms with Gasteiger partial charge >= 0.3 is 5.56 Å². The predicted molar refractivity (Wildman–Crippen MR) is 156 cm³/mol. The van der Waals surface area contributed by atoms with Crippen molar-refractivity contribution in [3.8, 4) is 22.7 Å². The van der Waals surface area contributed by atoms with Crippen LogP contribution in [-0.2, 0) is 4.79 Å². The van der Waals surface area contributed by atoms with Gasteiger partial charge in [-0.3, -0.25) is 4.79 Å². The first-order valence-electron chi connectivity index (χ1n) is 14.0. The number of phenols is 1. The van der Waals surface area contributed by atoms with E-state index in [0.29, 0.717) is 47.7 Å². The van der Waals surface area contributed by atoms with Gasteiger partial charge in [-0.1, -0.05) is 30.8 Å². The molecule has 0 saturated carbocycles. The minimum absolute atomic E-state index is 0.135. The third kappa shape index (κ3) is 3.41. The Labute approximate surface area is 240 Å². The number of para-hydroxylation sites is 1. The van der Waals surface area contributed by atoms with Crippen molar-refractivity contribution in [2.24, 2.45) is 0 Å². The summed E-state index contributed by atoms with van der Waals surface area (Å²) in [5.74, 6) is -2.05. The molecule has 0 radical (unpaired) electrons. The van der Waals surface area contributed by atoms with Gasteiger partial charge in [0.15, 0.2) is 17.2 Å². The zero-order valence-electron chi connectivity index (χ0n) is 23.5. The lowest BCUT2D eigenvalue weighted by Gasteiger charge is -2.50. The van der Waals surface area contributed by atoms with Crippen molar-refractivity contribution >= 4 is 28.3 Å². The average molecular weight is 571 g/mol. The number of likely N-dealkylation sites (N-methyl/N-ethyl adjacent to an activating group) is 1. The largest absolute Gasteiger partial charge is 0.507 e. The number of anilines is 2. The lowest BCUT2D eigenvalue weighted by Crippen LogP contribution is -2.64. The summed E-state index contributed by atoms with van der Waals surface area (Å²) < 4.78 is 35.1. The van der Waals surface area contributed by atoms with E-state index in [1.165, 1.54) is 30.3 Å². The van der Waals surface area contributed by atoms with Crippen molar-refractivity contribution in [3.63, 3.8) is 0 Å². The Bertz CT molecular complexity index is 1880. The fourth-order valence-electron chi connectivity index (χ4n) is 7.15. The summed E-state index contributed by atoms with van der Waals surface area (Å²) in [7, 11) is 1.84. The SMILES string of the molecule is C=CC(=O)N1C[C@@H]2CN(C)c3c(c4cc(F)c(-c5c(O)cccc5F)[n+]5c4n(c3=O)-c3ccccc3C5C)N2C[C@H]1C. The molecule has 0 spiro atoms. The maximum absolute atomic E-state index is 16.5. The number of halogens is 2. The van der Waals surface area contributed by atoms with Crippen molar-refractivity contribution in [2.75, 3.05) is 36.5 Å². The van der Waals surface area contributed by atoms with E-state index in [9.17, 15) is 14.7 Å². The zero-order valence-corrected chi connectivity index (χ0v) is 23.5. The number of aromatic hydroxyl groups is 1. The Kier molecular flexibility index (Phi) is 5.70. The number of nitrogens with zero attached hydrogens (tertiary/aromatic N) is 5. The van der Waals surface area contributed by atoms with E-state index in [2.05, 4.69) is 11.5 Å². The molecule has 3 atom stereocenters. The fourth-order valence-corrected chi connectivity index (χ4v) is 7.15. The van der Waals surface area contributed by atoms with Crippen molar-refractivity contribution in [1.82, 2.24) is 9.47 Å². The van der Waals surface area contributed by atoms with Gasteiger partial charge < -0.3 is 19.8 Å². The van der Waals surface area contributed by atoms with Gasteiger partial charge in [-0.25, -0.2) is 18.1 Å². The van der Waals surface area contributed by atoms with Gasteiger partial charge in [-0.2, -0.15) is 4.57 Å². The topological polar surface area (TPSA) is 72.9 Å². The number of carbonyl (C=O) groups excluding carboxylic acids is 1. The van der Waals surface area contributed by atoms with Crippen LogP contribution in [0.4, 0.5) is 20.2 Å². The molecule has 0 aliphatic carbocycles. The normalized spacial score (nSPS) is 20.7. The van der Waals surface area contributed by atoms with Gasteiger partial charge in [0.2, 0.25) is 5.91 Å². The number of benzene rings is 2. The highest BCUT2D eigenvalue weighted by molar-refractivity contribution is 5.99. The lowest BCUT2D eigenvalue weighted by molar-refractivity contribution is -0.680. The van der Waals surface area contributed by atoms with Crippen LogP contribution in [0.25, 0.3) is 28.0 Å². The molecular formula is C32H30F2N5O3+. The summed E-state index contributed by atoms with van der Waals surface area (Å²) >= 11 is 0. The molecular weight excluding hydrogens is 540 g/mol. The molecule has 8 nitrogen and oxygen atoms in total. The molecule has 1 N–H and O–H groups in total. The molecule has 1 fully saturated rings. The van der Waals surface area contributed by atoms with Crippen LogP contribution in [0.1, 0.15) is 25.5 Å². The third-order valence-electron chi connectivity index (χ3n) is 9.00. The molecule has 214 valence electrons. The molecule has 3 aliphatic heterocycles. The number of pyridine rings is 2. The minimum Gasteiger partial charge on any atom is -0.507 e. The number of phenolic OH excluding ortho intramolecular Hbond substituents is 1. The quantitative estimate of drug-likeness (QED) is 0.293. The molecule has 42 heavy (non-hydrogen) atoms. The summed E-state index contributed by atoms with van der Waals surface area (Å²) in [5.41, 5.74) is 2.20. The van der Waals surface area contributed by atoms with Crippen LogP contribution in [0.15, 0.2) is 66.0 Å². The fraction of sp³-hybridized carbons (Fsp3) is 0.281. The first-order valence-corrected chi connectivity index (χ1v) is 14.0. The Morgan fingerprint density at radius 2 is 1.81 bits per heavy atom. The van der Waals surface area contributed by atoms with Crippen molar-refractivity contribution in [3.05, 3.63) is 88.7 Å². The average Bonchev–Trinajstić information content (AvgIpc) is 2.96. The van der Waals surface area contributed by atoms with Crippen LogP contribution in [0.2, 0.25) is 0 Å². The number of aromatic nitrogens is 2. The minimum atomic E-state index is -0.772. The highest BCUT2D eigenvalue weighted by atomic mass is 19.1. The summed E-state index contributed by atoms with van der Waals surface area (Å²) in [5, 5.41) is 11.2. The molecule has 2 aromatic carbocycles. The maximum Gasteiger partial charge on any atom is 0.364 e. The smallest absolute Gasteiger partial charge is 0.364 e. The molecule has 1 unspecified atom stereocenters. The molecule has 2 aromatic heterocycles. The Balaban J connectivity index is 1.61. The molecule has 10 heteroatoms. The Morgan fingerprint density at radius 1 is 1.05 bits per heavy atom. The van der Waals surface area contributed by atoms with E-state index in [0.717, 1.165) is 5.56 Å². The van der Waals surface area contributed by atoms with Gasteiger partial charge in [-0.15, -0.1) is 0 Å². The Morgan fingerprint density at radius 3 is 2.55 bits per heavy atom. The molecule has 1 amide bonds. The second-order valence-corrected chi connectivity index (χ2v) is 11.4. The number of fused-ring (bicyclic) bond motifs is 6. The van der Waals surface area contributed by atoms with E-state index < -0.39 is 23.4 Å². The van der Waals surface area contributed by atoms with Crippen LogP contribution in [-0.4, -0.2) is 59.2 Å². The first-order chi connectivity index (χ1) is 20.1. The first kappa shape index (κ1) is 26.2. The summed E-state index contributed by atoms with van der Waals surface area (Å²) in [4.78, 5) is 32.9. The van der Waals surface area contributed by atoms with Crippen LogP contribution in [0.3, 0.4) is 0 Å². The third-order valence-corrected chi connectivity index (χ3v) is 9.00. The standard InChI is InChI=1S/C32H29F2N5O3/c1-5-26(41)36-16-19-15-35(4)30-28(37(19)14-17(36)2)21-13-23(34)29(27-22(33)10-8-12-25(27)40)38-18(3)20-9-6-7-11-24(20)39(31(21)38)32(30)42/h5-13,17-19H,1,14-16H2,2-4H3/p+1/t17-,18?,19+/m1/s1. The van der Waals surface area contributed by atoms with E-state index in [4.69, 9.17) is 0 Å². The van der Waals surface area contributed by atoms with Crippen LogP contribution in [0.5, 0.6) is 5.75 Å². The molecule has 7 rings (SSSR count). The molecule has 5 heterocycles. The highest BCUT2D eigenvalue weighted by Gasteiger charge is 2.45. The Hall–Kier alpha value is -4.73. The highest BCUT2D eigenvalue weighted by Crippen LogP contribution is 2.44. The second kappa shape index (κ2) is 9.14. The van der Waals surface area contributed by atoms with E-state index >= 15 is 8.78 Å². The zero-order chi connectivity index (χ0) is 29.6.